The highest BCUT2D eigenvalue weighted by molar-refractivity contribution is 5.39. The van der Waals surface area contributed by atoms with E-state index in [1.165, 1.54) is 11.1 Å². The quantitative estimate of drug-likeness (QED) is 0.498. The highest BCUT2D eigenvalue weighted by Gasteiger charge is 2.11. The van der Waals surface area contributed by atoms with E-state index in [1.807, 2.05) is 24.3 Å². The zero-order valence-electron chi connectivity index (χ0n) is 11.5. The van der Waals surface area contributed by atoms with Gasteiger partial charge in [0.2, 0.25) is 0 Å². The fraction of sp³-hybridized carbons (Fsp3) is 0.250. The van der Waals surface area contributed by atoms with Crippen molar-refractivity contribution in [1.29, 1.82) is 0 Å². The first kappa shape index (κ1) is 14.2. The van der Waals surface area contributed by atoms with Crippen molar-refractivity contribution in [3.63, 3.8) is 0 Å². The van der Waals surface area contributed by atoms with Crippen LogP contribution in [0.15, 0.2) is 48.5 Å². The molecule has 2 aromatic carbocycles. The van der Waals surface area contributed by atoms with E-state index in [2.05, 4.69) is 24.4 Å². The van der Waals surface area contributed by atoms with Crippen molar-refractivity contribution < 1.29 is 4.92 Å². The zero-order valence-corrected chi connectivity index (χ0v) is 11.5. The van der Waals surface area contributed by atoms with Crippen LogP contribution in [0.4, 0.5) is 5.69 Å². The van der Waals surface area contributed by atoms with Crippen molar-refractivity contribution >= 4 is 5.69 Å². The van der Waals surface area contributed by atoms with Crippen molar-refractivity contribution in [2.45, 2.75) is 19.9 Å². The maximum absolute atomic E-state index is 10.9. The van der Waals surface area contributed by atoms with E-state index in [9.17, 15) is 10.1 Å². The van der Waals surface area contributed by atoms with Crippen LogP contribution >= 0.6 is 0 Å². The van der Waals surface area contributed by atoms with Gasteiger partial charge in [-0.15, -0.1) is 0 Å². The molecule has 0 fully saturated rings. The Hall–Kier alpha value is -2.20. The number of nitrogens with one attached hydrogen (secondary N) is 1. The molecule has 2 aromatic rings. The maximum atomic E-state index is 10.9. The molecule has 2 rings (SSSR count). The summed E-state index contributed by atoms with van der Waals surface area (Å²) in [6.07, 6.45) is 0.656. The Morgan fingerprint density at radius 2 is 1.70 bits per heavy atom. The molecule has 0 bridgehead atoms. The minimum absolute atomic E-state index is 0.199. The van der Waals surface area contributed by atoms with E-state index < -0.39 is 0 Å². The van der Waals surface area contributed by atoms with Gasteiger partial charge in [-0.2, -0.15) is 0 Å². The van der Waals surface area contributed by atoms with Crippen LogP contribution in [0.3, 0.4) is 0 Å². The van der Waals surface area contributed by atoms with Gasteiger partial charge in [-0.05, 0) is 31.0 Å². The average Bonchev–Trinajstić information content (AvgIpc) is 2.45. The first-order chi connectivity index (χ1) is 9.68. The Kier molecular flexibility index (Phi) is 4.85. The van der Waals surface area contributed by atoms with Gasteiger partial charge in [0.25, 0.3) is 5.69 Å². The van der Waals surface area contributed by atoms with Crippen molar-refractivity contribution in [2.24, 2.45) is 0 Å². The van der Waals surface area contributed by atoms with Crippen LogP contribution in [0.2, 0.25) is 0 Å². The van der Waals surface area contributed by atoms with Crippen LogP contribution < -0.4 is 5.32 Å². The topological polar surface area (TPSA) is 55.2 Å². The molecular weight excluding hydrogens is 252 g/mol. The third kappa shape index (κ3) is 3.65. The van der Waals surface area contributed by atoms with Crippen molar-refractivity contribution in [2.75, 3.05) is 6.54 Å². The van der Waals surface area contributed by atoms with Crippen molar-refractivity contribution in [3.8, 4) is 0 Å². The fourth-order valence-corrected chi connectivity index (χ4v) is 2.15. The molecule has 0 amide bonds. The molecule has 0 spiro atoms. The SMILES string of the molecule is Cc1ccccc1CNCCc1ccccc1[N+](=O)[O-]. The number of hydrogen-bond acceptors (Lipinski definition) is 3. The zero-order chi connectivity index (χ0) is 14.4. The van der Waals surface area contributed by atoms with Crippen molar-refractivity contribution in [3.05, 3.63) is 75.3 Å². The number of benzene rings is 2. The third-order valence-electron chi connectivity index (χ3n) is 3.34. The molecule has 104 valence electrons. The van der Waals surface area contributed by atoms with Crippen LogP contribution in [0.5, 0.6) is 0 Å². The van der Waals surface area contributed by atoms with Gasteiger partial charge in [-0.25, -0.2) is 0 Å². The Balaban J connectivity index is 1.88. The van der Waals surface area contributed by atoms with E-state index >= 15 is 0 Å². The smallest absolute Gasteiger partial charge is 0.272 e. The lowest BCUT2D eigenvalue weighted by Crippen LogP contribution is -2.17. The minimum atomic E-state index is -0.323. The van der Waals surface area contributed by atoms with Crippen LogP contribution in [0.25, 0.3) is 0 Å². The lowest BCUT2D eigenvalue weighted by Gasteiger charge is -2.08. The molecule has 0 aliphatic rings. The van der Waals surface area contributed by atoms with Gasteiger partial charge >= 0.3 is 0 Å². The standard InChI is InChI=1S/C16H18N2O2/c1-13-6-2-3-8-15(13)12-17-11-10-14-7-4-5-9-16(14)18(19)20/h2-9,17H,10-12H2,1H3. The predicted molar refractivity (Wildman–Crippen MR) is 79.7 cm³/mol. The molecular formula is C16H18N2O2. The maximum Gasteiger partial charge on any atom is 0.272 e. The molecule has 0 aliphatic carbocycles. The van der Waals surface area contributed by atoms with Crippen LogP contribution in [0.1, 0.15) is 16.7 Å². The third-order valence-corrected chi connectivity index (χ3v) is 3.34. The second-order valence-corrected chi connectivity index (χ2v) is 4.74. The summed E-state index contributed by atoms with van der Waals surface area (Å²) < 4.78 is 0. The van der Waals surface area contributed by atoms with E-state index in [0.29, 0.717) is 6.42 Å². The summed E-state index contributed by atoms with van der Waals surface area (Å²) >= 11 is 0. The largest absolute Gasteiger partial charge is 0.312 e. The van der Waals surface area contributed by atoms with Gasteiger partial charge in [0.15, 0.2) is 0 Å². The van der Waals surface area contributed by atoms with Crippen LogP contribution in [0, 0.1) is 17.0 Å². The first-order valence-electron chi connectivity index (χ1n) is 6.66. The summed E-state index contributed by atoms with van der Waals surface area (Å²) in [5, 5.41) is 14.2. The average molecular weight is 270 g/mol. The first-order valence-corrected chi connectivity index (χ1v) is 6.66. The summed E-state index contributed by atoms with van der Waals surface area (Å²) in [6.45, 7) is 3.59. The number of para-hydroxylation sites is 1. The molecule has 0 aromatic heterocycles. The molecule has 20 heavy (non-hydrogen) atoms. The minimum Gasteiger partial charge on any atom is -0.312 e. The summed E-state index contributed by atoms with van der Waals surface area (Å²) in [7, 11) is 0. The summed E-state index contributed by atoms with van der Waals surface area (Å²) in [5.41, 5.74) is 3.49. The number of rotatable bonds is 6. The number of nitro groups is 1. The molecule has 1 N–H and O–H groups in total. The molecule has 4 nitrogen and oxygen atoms in total. The Morgan fingerprint density at radius 3 is 2.40 bits per heavy atom. The number of nitro benzene ring substituents is 1. The molecule has 0 atom stereocenters. The van der Waals surface area contributed by atoms with E-state index in [4.69, 9.17) is 0 Å². The highest BCUT2D eigenvalue weighted by atomic mass is 16.6. The number of hydrogen-bond donors (Lipinski definition) is 1. The fourth-order valence-electron chi connectivity index (χ4n) is 2.15. The lowest BCUT2D eigenvalue weighted by atomic mass is 10.1. The molecule has 0 saturated carbocycles. The van der Waals surface area contributed by atoms with E-state index in [0.717, 1.165) is 18.7 Å². The van der Waals surface area contributed by atoms with Gasteiger partial charge < -0.3 is 5.32 Å². The Labute approximate surface area is 118 Å². The van der Waals surface area contributed by atoms with Crippen LogP contribution in [-0.4, -0.2) is 11.5 Å². The van der Waals surface area contributed by atoms with Gasteiger partial charge in [0, 0.05) is 18.2 Å². The number of aryl methyl sites for hydroxylation is 1. The van der Waals surface area contributed by atoms with Gasteiger partial charge in [0.05, 0.1) is 4.92 Å². The lowest BCUT2D eigenvalue weighted by molar-refractivity contribution is -0.385. The van der Waals surface area contributed by atoms with Gasteiger partial charge in [0.1, 0.15) is 0 Å². The molecule has 0 radical (unpaired) electrons. The second-order valence-electron chi connectivity index (χ2n) is 4.74. The van der Waals surface area contributed by atoms with Gasteiger partial charge in [-0.3, -0.25) is 10.1 Å². The van der Waals surface area contributed by atoms with Gasteiger partial charge in [-0.1, -0.05) is 42.5 Å². The molecule has 0 unspecified atom stereocenters. The Bertz CT molecular complexity index is 597. The Morgan fingerprint density at radius 1 is 1.05 bits per heavy atom. The molecule has 0 heterocycles. The summed E-state index contributed by atoms with van der Waals surface area (Å²) in [4.78, 5) is 10.6. The summed E-state index contributed by atoms with van der Waals surface area (Å²) in [6, 6.07) is 15.1. The van der Waals surface area contributed by atoms with Crippen LogP contribution in [-0.2, 0) is 13.0 Å². The number of nitrogens with zero attached hydrogens (tertiary/aromatic N) is 1. The molecule has 0 aliphatic heterocycles. The summed E-state index contributed by atoms with van der Waals surface area (Å²) in [5.74, 6) is 0. The van der Waals surface area contributed by atoms with E-state index in [1.54, 1.807) is 12.1 Å². The second kappa shape index (κ2) is 6.82. The normalized spacial score (nSPS) is 10.4. The highest BCUT2D eigenvalue weighted by Crippen LogP contribution is 2.17. The molecule has 4 heteroatoms. The predicted octanol–water partition coefficient (Wildman–Crippen LogP) is 3.24. The monoisotopic (exact) mass is 270 g/mol. The van der Waals surface area contributed by atoms with Crippen molar-refractivity contribution in [1.82, 2.24) is 5.32 Å². The molecule has 0 saturated heterocycles. The van der Waals surface area contributed by atoms with E-state index in [-0.39, 0.29) is 10.6 Å².